The van der Waals surface area contributed by atoms with Crippen LogP contribution in [0.25, 0.3) is 5.69 Å². The van der Waals surface area contributed by atoms with Gasteiger partial charge in [0, 0.05) is 6.07 Å². The maximum atomic E-state index is 11.2. The van der Waals surface area contributed by atoms with Crippen LogP contribution in [0.4, 0.5) is 0 Å². The lowest BCUT2D eigenvalue weighted by molar-refractivity contribution is 0.471. The van der Waals surface area contributed by atoms with Gasteiger partial charge in [0.25, 0.3) is 0 Å². The number of rotatable bonds is 3. The first-order chi connectivity index (χ1) is 8.35. The summed E-state index contributed by atoms with van der Waals surface area (Å²) >= 11 is 0. The van der Waals surface area contributed by atoms with E-state index in [4.69, 9.17) is 4.18 Å². The van der Waals surface area contributed by atoms with Gasteiger partial charge in [-0.2, -0.15) is 18.2 Å². The molecule has 6 heteroatoms. The molecule has 0 bridgehead atoms. The highest BCUT2D eigenvalue weighted by atomic mass is 32.2. The first kappa shape index (κ1) is 12.6. The fourth-order valence-corrected chi connectivity index (χ4v) is 1.99. The van der Waals surface area contributed by atoms with E-state index < -0.39 is 10.1 Å². The largest absolute Gasteiger partial charge is 0.362 e. The van der Waals surface area contributed by atoms with Gasteiger partial charge in [-0.1, -0.05) is 17.7 Å². The summed E-state index contributed by atoms with van der Waals surface area (Å²) in [6, 6.07) is 9.15. The minimum absolute atomic E-state index is 0.193. The van der Waals surface area contributed by atoms with E-state index in [2.05, 4.69) is 5.10 Å². The first-order valence-corrected chi connectivity index (χ1v) is 7.20. The fraction of sp³-hybridized carbons (Fsp3) is 0.250. The van der Waals surface area contributed by atoms with Crippen molar-refractivity contribution in [3.8, 4) is 11.6 Å². The van der Waals surface area contributed by atoms with Crippen molar-refractivity contribution < 1.29 is 12.6 Å². The maximum Gasteiger partial charge on any atom is 0.307 e. The lowest BCUT2D eigenvalue weighted by Crippen LogP contribution is -2.09. The van der Waals surface area contributed by atoms with Crippen LogP contribution in [0.5, 0.6) is 5.88 Å². The molecule has 2 aromatic rings. The Morgan fingerprint density at radius 2 is 1.78 bits per heavy atom. The van der Waals surface area contributed by atoms with Gasteiger partial charge >= 0.3 is 10.1 Å². The minimum atomic E-state index is -3.56. The topological polar surface area (TPSA) is 61.2 Å². The standard InChI is InChI=1S/C12H14N2O3S/c1-9-4-6-11(7-5-9)14-12(8-10(2)13-14)17-18(3,15)16/h4-8H,1-3H3. The highest BCUT2D eigenvalue weighted by molar-refractivity contribution is 7.86. The summed E-state index contributed by atoms with van der Waals surface area (Å²) in [5, 5.41) is 4.22. The number of benzene rings is 1. The lowest BCUT2D eigenvalue weighted by Gasteiger charge is -2.07. The average Bonchev–Trinajstić information content (AvgIpc) is 2.58. The molecule has 96 valence electrons. The molecule has 0 saturated heterocycles. The smallest absolute Gasteiger partial charge is 0.307 e. The average molecular weight is 266 g/mol. The summed E-state index contributed by atoms with van der Waals surface area (Å²) in [5.74, 6) is 0.193. The lowest BCUT2D eigenvalue weighted by atomic mass is 10.2. The predicted octanol–water partition coefficient (Wildman–Crippen LogP) is 1.83. The molecule has 1 aromatic heterocycles. The third-order valence-electron chi connectivity index (χ3n) is 2.31. The summed E-state index contributed by atoms with van der Waals surface area (Å²) < 4.78 is 28.7. The van der Waals surface area contributed by atoms with E-state index >= 15 is 0 Å². The van der Waals surface area contributed by atoms with Gasteiger partial charge in [0.1, 0.15) is 0 Å². The monoisotopic (exact) mass is 266 g/mol. The molecule has 18 heavy (non-hydrogen) atoms. The van der Waals surface area contributed by atoms with Crippen molar-refractivity contribution in [1.82, 2.24) is 9.78 Å². The second-order valence-corrected chi connectivity index (χ2v) is 5.73. The van der Waals surface area contributed by atoms with Crippen LogP contribution in [0.1, 0.15) is 11.3 Å². The van der Waals surface area contributed by atoms with Gasteiger partial charge in [-0.25, -0.2) is 0 Å². The molecular formula is C12H14N2O3S. The maximum absolute atomic E-state index is 11.2. The van der Waals surface area contributed by atoms with Crippen molar-refractivity contribution in [2.45, 2.75) is 13.8 Å². The van der Waals surface area contributed by atoms with E-state index in [0.29, 0.717) is 5.69 Å². The van der Waals surface area contributed by atoms with Crippen LogP contribution >= 0.6 is 0 Å². The highest BCUT2D eigenvalue weighted by Crippen LogP contribution is 2.20. The molecule has 5 nitrogen and oxygen atoms in total. The van der Waals surface area contributed by atoms with Crippen molar-refractivity contribution in [2.24, 2.45) is 0 Å². The summed E-state index contributed by atoms with van der Waals surface area (Å²) in [6.45, 7) is 3.76. The van der Waals surface area contributed by atoms with Gasteiger partial charge in [0.2, 0.25) is 5.88 Å². The normalized spacial score (nSPS) is 11.5. The molecule has 0 N–H and O–H groups in total. The molecule has 0 aliphatic carbocycles. The Labute approximate surface area is 106 Å². The zero-order chi connectivity index (χ0) is 13.3. The molecule has 1 heterocycles. The van der Waals surface area contributed by atoms with Crippen LogP contribution in [0.3, 0.4) is 0 Å². The molecule has 0 aliphatic rings. The third kappa shape index (κ3) is 2.89. The van der Waals surface area contributed by atoms with E-state index in [1.54, 1.807) is 13.0 Å². The van der Waals surface area contributed by atoms with Crippen molar-refractivity contribution in [3.63, 3.8) is 0 Å². The second-order valence-electron chi connectivity index (χ2n) is 4.16. The molecule has 0 saturated carbocycles. The Bertz CT molecular complexity index is 657. The minimum Gasteiger partial charge on any atom is -0.362 e. The number of hydrogen-bond acceptors (Lipinski definition) is 4. The Morgan fingerprint density at radius 3 is 2.33 bits per heavy atom. The van der Waals surface area contributed by atoms with Gasteiger partial charge in [0.05, 0.1) is 17.6 Å². The summed E-state index contributed by atoms with van der Waals surface area (Å²) in [6.07, 6.45) is 1.01. The van der Waals surface area contributed by atoms with Crippen molar-refractivity contribution in [2.75, 3.05) is 6.26 Å². The molecule has 1 aromatic carbocycles. The molecular weight excluding hydrogens is 252 g/mol. The highest BCUT2D eigenvalue weighted by Gasteiger charge is 2.13. The molecule has 0 spiro atoms. The van der Waals surface area contributed by atoms with E-state index in [9.17, 15) is 8.42 Å². The van der Waals surface area contributed by atoms with Crippen molar-refractivity contribution >= 4 is 10.1 Å². The van der Waals surface area contributed by atoms with Crippen LogP contribution in [-0.4, -0.2) is 24.5 Å². The molecule has 0 aliphatic heterocycles. The Morgan fingerprint density at radius 1 is 1.17 bits per heavy atom. The third-order valence-corrected chi connectivity index (χ3v) is 2.79. The molecule has 2 rings (SSSR count). The van der Waals surface area contributed by atoms with Crippen LogP contribution in [0.2, 0.25) is 0 Å². The van der Waals surface area contributed by atoms with E-state index in [1.165, 1.54) is 4.68 Å². The number of aromatic nitrogens is 2. The van der Waals surface area contributed by atoms with Crippen LogP contribution in [-0.2, 0) is 10.1 Å². The van der Waals surface area contributed by atoms with E-state index in [1.807, 2.05) is 31.2 Å². The van der Waals surface area contributed by atoms with Gasteiger partial charge < -0.3 is 4.18 Å². The summed E-state index contributed by atoms with van der Waals surface area (Å²) in [4.78, 5) is 0. The van der Waals surface area contributed by atoms with Gasteiger partial charge in [0.15, 0.2) is 0 Å². The van der Waals surface area contributed by atoms with Gasteiger partial charge in [-0.3, -0.25) is 0 Å². The summed E-state index contributed by atoms with van der Waals surface area (Å²) in [5.41, 5.74) is 2.56. The first-order valence-electron chi connectivity index (χ1n) is 5.38. The SMILES string of the molecule is Cc1ccc(-n2nc(C)cc2OS(C)(=O)=O)cc1. The van der Waals surface area contributed by atoms with Crippen LogP contribution in [0.15, 0.2) is 30.3 Å². The van der Waals surface area contributed by atoms with E-state index in [0.717, 1.165) is 17.5 Å². The van der Waals surface area contributed by atoms with E-state index in [-0.39, 0.29) is 5.88 Å². The molecule has 0 radical (unpaired) electrons. The zero-order valence-electron chi connectivity index (χ0n) is 10.4. The number of nitrogens with zero attached hydrogens (tertiary/aromatic N) is 2. The number of hydrogen-bond donors (Lipinski definition) is 0. The quantitative estimate of drug-likeness (QED) is 0.795. The summed E-state index contributed by atoms with van der Waals surface area (Å²) in [7, 11) is -3.56. The van der Waals surface area contributed by atoms with Gasteiger partial charge in [-0.15, -0.1) is 0 Å². The predicted molar refractivity (Wildman–Crippen MR) is 68.5 cm³/mol. The Hall–Kier alpha value is -1.82. The second kappa shape index (κ2) is 4.45. The Balaban J connectivity index is 2.47. The fourth-order valence-electron chi connectivity index (χ4n) is 1.56. The molecule has 0 atom stereocenters. The number of aryl methyl sites for hydroxylation is 2. The molecule has 0 amide bonds. The van der Waals surface area contributed by atoms with Crippen molar-refractivity contribution in [3.05, 3.63) is 41.6 Å². The van der Waals surface area contributed by atoms with Crippen LogP contribution < -0.4 is 4.18 Å². The molecule has 0 unspecified atom stereocenters. The molecule has 0 fully saturated rings. The Kier molecular flexibility index (Phi) is 3.13. The van der Waals surface area contributed by atoms with Gasteiger partial charge in [-0.05, 0) is 26.0 Å². The van der Waals surface area contributed by atoms with Crippen molar-refractivity contribution in [1.29, 1.82) is 0 Å². The van der Waals surface area contributed by atoms with Crippen LogP contribution in [0, 0.1) is 13.8 Å². The zero-order valence-corrected chi connectivity index (χ0v) is 11.2.